The summed E-state index contributed by atoms with van der Waals surface area (Å²) in [5.74, 6) is 0.658. The molecule has 17 heavy (non-hydrogen) atoms. The van der Waals surface area contributed by atoms with Crippen molar-refractivity contribution in [1.29, 1.82) is 0 Å². The fourth-order valence-corrected chi connectivity index (χ4v) is 1.37. The van der Waals surface area contributed by atoms with Crippen LogP contribution in [0.25, 0.3) is 6.08 Å². The number of nitrogens with one attached hydrogen (secondary N) is 1. The summed E-state index contributed by atoms with van der Waals surface area (Å²) in [4.78, 5) is 10.3. The van der Waals surface area contributed by atoms with Gasteiger partial charge in [0.25, 0.3) is 5.69 Å². The largest absolute Gasteiger partial charge is 0.493 e. The third kappa shape index (κ3) is 3.88. The molecule has 0 aliphatic heterocycles. The Hall–Kier alpha value is -1.88. The van der Waals surface area contributed by atoms with Crippen molar-refractivity contribution >= 4 is 11.8 Å². The van der Waals surface area contributed by atoms with E-state index >= 15 is 0 Å². The van der Waals surface area contributed by atoms with Gasteiger partial charge in [-0.05, 0) is 20.0 Å². The van der Waals surface area contributed by atoms with Crippen molar-refractivity contribution in [2.75, 3.05) is 20.2 Å². The van der Waals surface area contributed by atoms with E-state index in [2.05, 4.69) is 5.32 Å². The SMILES string of the molecule is CCOc1ccc([N+](=O)[O-])cc1C=CCNC. The van der Waals surface area contributed by atoms with Gasteiger partial charge in [0.05, 0.1) is 11.5 Å². The Morgan fingerprint density at radius 2 is 2.29 bits per heavy atom. The fourth-order valence-electron chi connectivity index (χ4n) is 1.37. The number of rotatable bonds is 6. The third-order valence-electron chi connectivity index (χ3n) is 2.12. The molecule has 0 spiro atoms. The molecule has 0 fully saturated rings. The minimum atomic E-state index is -0.412. The van der Waals surface area contributed by atoms with Gasteiger partial charge in [0, 0.05) is 24.2 Å². The van der Waals surface area contributed by atoms with Crippen LogP contribution >= 0.6 is 0 Å². The highest BCUT2D eigenvalue weighted by Gasteiger charge is 2.09. The molecule has 1 aromatic carbocycles. The Labute approximate surface area is 100 Å². The highest BCUT2D eigenvalue weighted by molar-refractivity contribution is 5.61. The molecule has 0 bridgehead atoms. The molecular formula is C12H16N2O3. The molecule has 0 aliphatic carbocycles. The van der Waals surface area contributed by atoms with Crippen molar-refractivity contribution in [2.24, 2.45) is 0 Å². The summed E-state index contributed by atoms with van der Waals surface area (Å²) in [5, 5.41) is 13.6. The van der Waals surface area contributed by atoms with E-state index in [0.29, 0.717) is 18.9 Å². The van der Waals surface area contributed by atoms with Gasteiger partial charge in [-0.3, -0.25) is 10.1 Å². The van der Waals surface area contributed by atoms with Crippen LogP contribution in [0.2, 0.25) is 0 Å². The Morgan fingerprint density at radius 3 is 2.88 bits per heavy atom. The molecule has 0 saturated carbocycles. The predicted molar refractivity (Wildman–Crippen MR) is 67.2 cm³/mol. The van der Waals surface area contributed by atoms with Crippen molar-refractivity contribution in [3.63, 3.8) is 0 Å². The van der Waals surface area contributed by atoms with E-state index in [9.17, 15) is 10.1 Å². The molecule has 0 atom stereocenters. The first-order valence-corrected chi connectivity index (χ1v) is 5.41. The topological polar surface area (TPSA) is 64.4 Å². The van der Waals surface area contributed by atoms with Gasteiger partial charge in [-0.25, -0.2) is 0 Å². The molecule has 0 aromatic heterocycles. The summed E-state index contributed by atoms with van der Waals surface area (Å²) >= 11 is 0. The lowest BCUT2D eigenvalue weighted by molar-refractivity contribution is -0.384. The summed E-state index contributed by atoms with van der Waals surface area (Å²) in [6.07, 6.45) is 3.70. The predicted octanol–water partition coefficient (Wildman–Crippen LogP) is 2.23. The average molecular weight is 236 g/mol. The van der Waals surface area contributed by atoms with E-state index in [4.69, 9.17) is 4.74 Å². The summed E-state index contributed by atoms with van der Waals surface area (Å²) < 4.78 is 5.41. The van der Waals surface area contributed by atoms with Gasteiger partial charge < -0.3 is 10.1 Å². The first kappa shape index (κ1) is 13.2. The first-order chi connectivity index (χ1) is 8.19. The molecule has 0 saturated heterocycles. The van der Waals surface area contributed by atoms with E-state index < -0.39 is 4.92 Å². The highest BCUT2D eigenvalue weighted by atomic mass is 16.6. The lowest BCUT2D eigenvalue weighted by Gasteiger charge is -2.06. The van der Waals surface area contributed by atoms with Crippen LogP contribution < -0.4 is 10.1 Å². The molecule has 1 aromatic rings. The Morgan fingerprint density at radius 1 is 1.53 bits per heavy atom. The molecular weight excluding hydrogens is 220 g/mol. The molecule has 0 aliphatic rings. The molecule has 0 amide bonds. The van der Waals surface area contributed by atoms with E-state index in [-0.39, 0.29) is 5.69 Å². The number of non-ortho nitro benzene ring substituents is 1. The van der Waals surface area contributed by atoms with Crippen molar-refractivity contribution in [3.05, 3.63) is 40.0 Å². The zero-order valence-corrected chi connectivity index (χ0v) is 9.97. The van der Waals surface area contributed by atoms with Gasteiger partial charge >= 0.3 is 0 Å². The van der Waals surface area contributed by atoms with Crippen molar-refractivity contribution in [1.82, 2.24) is 5.32 Å². The van der Waals surface area contributed by atoms with Gasteiger partial charge in [0.2, 0.25) is 0 Å². The van der Waals surface area contributed by atoms with Crippen LogP contribution in [0, 0.1) is 10.1 Å². The number of benzene rings is 1. The third-order valence-corrected chi connectivity index (χ3v) is 2.12. The number of hydrogen-bond acceptors (Lipinski definition) is 4. The summed E-state index contributed by atoms with van der Waals surface area (Å²) in [6, 6.07) is 4.58. The Balaban J connectivity index is 3.02. The maximum Gasteiger partial charge on any atom is 0.270 e. The van der Waals surface area contributed by atoms with Gasteiger partial charge in [-0.1, -0.05) is 12.2 Å². The van der Waals surface area contributed by atoms with Crippen LogP contribution in [0.4, 0.5) is 5.69 Å². The summed E-state index contributed by atoms with van der Waals surface area (Å²) in [7, 11) is 1.83. The maximum absolute atomic E-state index is 10.7. The molecule has 1 rings (SSSR count). The quantitative estimate of drug-likeness (QED) is 0.607. The standard InChI is InChI=1S/C12H16N2O3/c1-3-17-12-7-6-11(14(15)16)9-10(12)5-4-8-13-2/h4-7,9,13H,3,8H2,1-2H3. The molecule has 0 unspecified atom stereocenters. The van der Waals surface area contributed by atoms with Crippen molar-refractivity contribution < 1.29 is 9.66 Å². The van der Waals surface area contributed by atoms with Crippen LogP contribution in [-0.2, 0) is 0 Å². The minimum Gasteiger partial charge on any atom is -0.493 e. The van der Waals surface area contributed by atoms with Crippen LogP contribution in [-0.4, -0.2) is 25.1 Å². The zero-order valence-electron chi connectivity index (χ0n) is 9.97. The molecule has 5 nitrogen and oxygen atoms in total. The Bertz CT molecular complexity index is 416. The normalized spacial score (nSPS) is 10.7. The van der Waals surface area contributed by atoms with Gasteiger partial charge in [-0.2, -0.15) is 0 Å². The fraction of sp³-hybridized carbons (Fsp3) is 0.333. The lowest BCUT2D eigenvalue weighted by Crippen LogP contribution is -2.03. The van der Waals surface area contributed by atoms with E-state index in [1.54, 1.807) is 6.07 Å². The zero-order chi connectivity index (χ0) is 12.7. The highest BCUT2D eigenvalue weighted by Crippen LogP contribution is 2.25. The maximum atomic E-state index is 10.7. The van der Waals surface area contributed by atoms with Crippen molar-refractivity contribution in [2.45, 2.75) is 6.92 Å². The number of ether oxygens (including phenoxy) is 1. The Kier molecular flexibility index (Phi) is 5.16. The monoisotopic (exact) mass is 236 g/mol. The molecule has 92 valence electrons. The van der Waals surface area contributed by atoms with Crippen LogP contribution in [0.1, 0.15) is 12.5 Å². The molecule has 5 heteroatoms. The average Bonchev–Trinajstić information content (AvgIpc) is 2.31. The number of nitro groups is 1. The molecule has 1 N–H and O–H groups in total. The van der Waals surface area contributed by atoms with Gasteiger partial charge in [0.15, 0.2) is 0 Å². The van der Waals surface area contributed by atoms with Gasteiger partial charge in [-0.15, -0.1) is 0 Å². The minimum absolute atomic E-state index is 0.0672. The number of nitro benzene ring substituents is 1. The van der Waals surface area contributed by atoms with E-state index in [1.165, 1.54) is 12.1 Å². The van der Waals surface area contributed by atoms with Crippen molar-refractivity contribution in [3.8, 4) is 5.75 Å². The summed E-state index contributed by atoms with van der Waals surface area (Å²) in [6.45, 7) is 3.11. The van der Waals surface area contributed by atoms with Crippen LogP contribution in [0.3, 0.4) is 0 Å². The number of nitrogens with zero attached hydrogens (tertiary/aromatic N) is 1. The molecule has 0 heterocycles. The second kappa shape index (κ2) is 6.65. The first-order valence-electron chi connectivity index (χ1n) is 5.41. The second-order valence-electron chi connectivity index (χ2n) is 3.37. The lowest BCUT2D eigenvalue weighted by atomic mass is 10.1. The van der Waals surface area contributed by atoms with Crippen LogP contribution in [0.15, 0.2) is 24.3 Å². The smallest absolute Gasteiger partial charge is 0.270 e. The summed E-state index contributed by atoms with van der Waals surface area (Å²) in [5.41, 5.74) is 0.786. The molecule has 0 radical (unpaired) electrons. The van der Waals surface area contributed by atoms with Crippen LogP contribution in [0.5, 0.6) is 5.75 Å². The van der Waals surface area contributed by atoms with E-state index in [0.717, 1.165) is 5.56 Å². The second-order valence-corrected chi connectivity index (χ2v) is 3.37. The number of likely N-dealkylation sites (N-methyl/N-ethyl adjacent to an activating group) is 1. The van der Waals surface area contributed by atoms with E-state index in [1.807, 2.05) is 26.1 Å². The number of hydrogen-bond donors (Lipinski definition) is 1. The van der Waals surface area contributed by atoms with Gasteiger partial charge in [0.1, 0.15) is 5.75 Å².